The first-order valence-electron chi connectivity index (χ1n) is 4.22. The molecule has 7 heteroatoms. The molecular formula is C9H11ClN4O2. The van der Waals surface area contributed by atoms with Crippen LogP contribution in [0.3, 0.4) is 0 Å². The normalized spacial score (nSPS) is 11.9. The number of nitrogens with zero attached hydrogens (tertiary/aromatic N) is 1. The van der Waals surface area contributed by atoms with E-state index in [0.29, 0.717) is 10.7 Å². The van der Waals surface area contributed by atoms with E-state index in [1.165, 1.54) is 6.07 Å². The van der Waals surface area contributed by atoms with Gasteiger partial charge in [-0.1, -0.05) is 17.7 Å². The largest absolute Gasteiger partial charge is 0.476 e. The van der Waals surface area contributed by atoms with Gasteiger partial charge in [0.1, 0.15) is 5.82 Å². The van der Waals surface area contributed by atoms with E-state index in [4.69, 9.17) is 34.0 Å². The molecule has 0 aromatic heterocycles. The summed E-state index contributed by atoms with van der Waals surface area (Å²) in [4.78, 5) is 10.6. The highest BCUT2D eigenvalue weighted by molar-refractivity contribution is 6.30. The fourth-order valence-corrected chi connectivity index (χ4v) is 1.19. The molecule has 1 aromatic carbocycles. The molecule has 0 amide bonds. The molecule has 0 heterocycles. The van der Waals surface area contributed by atoms with Crippen molar-refractivity contribution in [2.24, 2.45) is 17.3 Å². The highest BCUT2D eigenvalue weighted by Gasteiger charge is 2.13. The van der Waals surface area contributed by atoms with Gasteiger partial charge in [0, 0.05) is 5.02 Å². The predicted octanol–water partition coefficient (Wildman–Crippen LogP) is 0.191. The number of halogens is 1. The minimum absolute atomic E-state index is 0.255. The third-order valence-corrected chi connectivity index (χ3v) is 2.09. The van der Waals surface area contributed by atoms with Crippen LogP contribution in [0.5, 0.6) is 0 Å². The van der Waals surface area contributed by atoms with Gasteiger partial charge in [-0.15, -0.1) is 0 Å². The molecule has 1 rings (SSSR count). The topological polar surface area (TPSA) is 119 Å². The SMILES string of the molecule is N/C(C(=O)O)=C(/N)N(N)c1cccc(Cl)c1. The molecule has 86 valence electrons. The third-order valence-electron chi connectivity index (χ3n) is 1.85. The zero-order valence-corrected chi connectivity index (χ0v) is 8.98. The third kappa shape index (κ3) is 2.56. The van der Waals surface area contributed by atoms with Gasteiger partial charge in [-0.25, -0.2) is 10.6 Å². The molecule has 0 spiro atoms. The van der Waals surface area contributed by atoms with Crippen molar-refractivity contribution in [1.82, 2.24) is 0 Å². The number of carboxylic acid groups (broad SMARTS) is 1. The van der Waals surface area contributed by atoms with Crippen LogP contribution in [-0.4, -0.2) is 11.1 Å². The van der Waals surface area contributed by atoms with Gasteiger partial charge >= 0.3 is 5.97 Å². The number of anilines is 1. The molecule has 0 saturated heterocycles. The predicted molar refractivity (Wildman–Crippen MR) is 61.2 cm³/mol. The van der Waals surface area contributed by atoms with Crippen LogP contribution in [0.2, 0.25) is 5.02 Å². The Kier molecular flexibility index (Phi) is 3.60. The Morgan fingerprint density at radius 1 is 1.38 bits per heavy atom. The number of hydrogen-bond donors (Lipinski definition) is 4. The van der Waals surface area contributed by atoms with Crippen LogP contribution in [-0.2, 0) is 4.79 Å². The zero-order valence-electron chi connectivity index (χ0n) is 8.22. The first-order chi connectivity index (χ1) is 7.43. The number of nitrogens with two attached hydrogens (primary N) is 3. The molecular weight excluding hydrogens is 232 g/mol. The lowest BCUT2D eigenvalue weighted by atomic mass is 10.3. The van der Waals surface area contributed by atoms with Crippen LogP contribution < -0.4 is 22.3 Å². The molecule has 0 saturated carbocycles. The van der Waals surface area contributed by atoms with E-state index in [0.717, 1.165) is 5.01 Å². The van der Waals surface area contributed by atoms with Crippen LogP contribution in [0.15, 0.2) is 35.8 Å². The Hall–Kier alpha value is -1.92. The number of carbonyl (C=O) groups is 1. The standard InChI is InChI=1S/C9H11ClN4O2/c10-5-2-1-3-6(4-5)14(13)8(12)7(11)9(15)16/h1-4H,11-13H2,(H,15,16)/b8-7-. The van der Waals surface area contributed by atoms with Crippen molar-refractivity contribution in [2.45, 2.75) is 0 Å². The molecule has 0 atom stereocenters. The Bertz CT molecular complexity index is 447. The molecule has 0 radical (unpaired) electrons. The number of carboxylic acids is 1. The van der Waals surface area contributed by atoms with E-state index in [1.54, 1.807) is 18.2 Å². The molecule has 0 aliphatic carbocycles. The number of benzene rings is 1. The molecule has 16 heavy (non-hydrogen) atoms. The molecule has 0 unspecified atom stereocenters. The Balaban J connectivity index is 3.07. The lowest BCUT2D eigenvalue weighted by Gasteiger charge is -2.19. The smallest absolute Gasteiger partial charge is 0.355 e. The molecule has 0 aliphatic heterocycles. The van der Waals surface area contributed by atoms with Crippen LogP contribution in [0.1, 0.15) is 0 Å². The van der Waals surface area contributed by atoms with Gasteiger partial charge in [-0.3, -0.25) is 5.01 Å². The van der Waals surface area contributed by atoms with Crippen LogP contribution in [0.25, 0.3) is 0 Å². The zero-order chi connectivity index (χ0) is 12.3. The van der Waals surface area contributed by atoms with Crippen molar-refractivity contribution >= 4 is 23.3 Å². The van der Waals surface area contributed by atoms with Crippen molar-refractivity contribution in [1.29, 1.82) is 0 Å². The van der Waals surface area contributed by atoms with E-state index in [9.17, 15) is 4.79 Å². The van der Waals surface area contributed by atoms with Gasteiger partial charge in [0.05, 0.1) is 5.69 Å². The van der Waals surface area contributed by atoms with Gasteiger partial charge in [-0.2, -0.15) is 0 Å². The Labute approximate surface area is 96.8 Å². The summed E-state index contributed by atoms with van der Waals surface area (Å²) in [5.41, 5.74) is 10.6. The maximum absolute atomic E-state index is 10.6. The van der Waals surface area contributed by atoms with Crippen molar-refractivity contribution in [3.8, 4) is 0 Å². The lowest BCUT2D eigenvalue weighted by molar-refractivity contribution is -0.132. The first-order valence-corrected chi connectivity index (χ1v) is 4.60. The summed E-state index contributed by atoms with van der Waals surface area (Å²) in [6.07, 6.45) is 0. The lowest BCUT2D eigenvalue weighted by Crippen LogP contribution is -2.38. The summed E-state index contributed by atoms with van der Waals surface area (Å²) in [5, 5.41) is 10.0. The Morgan fingerprint density at radius 3 is 2.50 bits per heavy atom. The molecule has 0 aliphatic rings. The maximum Gasteiger partial charge on any atom is 0.355 e. The highest BCUT2D eigenvalue weighted by Crippen LogP contribution is 2.19. The summed E-state index contributed by atoms with van der Waals surface area (Å²) in [6.45, 7) is 0. The second kappa shape index (κ2) is 4.73. The first kappa shape index (κ1) is 12.2. The molecule has 0 fully saturated rings. The number of aliphatic carboxylic acids is 1. The minimum Gasteiger partial charge on any atom is -0.476 e. The number of hydrogen-bond acceptors (Lipinski definition) is 5. The van der Waals surface area contributed by atoms with Crippen molar-refractivity contribution in [3.63, 3.8) is 0 Å². The quantitative estimate of drug-likeness (QED) is 0.341. The van der Waals surface area contributed by atoms with E-state index < -0.39 is 11.7 Å². The van der Waals surface area contributed by atoms with Gasteiger partial charge in [0.15, 0.2) is 5.70 Å². The van der Waals surface area contributed by atoms with Crippen LogP contribution >= 0.6 is 11.6 Å². The second-order valence-corrected chi connectivity index (χ2v) is 3.39. The molecule has 1 aromatic rings. The average molecular weight is 243 g/mol. The summed E-state index contributed by atoms with van der Waals surface area (Å²) in [5.74, 6) is 4.00. The van der Waals surface area contributed by atoms with E-state index in [-0.39, 0.29) is 5.82 Å². The molecule has 0 bridgehead atoms. The second-order valence-electron chi connectivity index (χ2n) is 2.95. The van der Waals surface area contributed by atoms with Crippen molar-refractivity contribution in [2.75, 3.05) is 5.01 Å². The van der Waals surface area contributed by atoms with Gasteiger partial charge in [0.25, 0.3) is 0 Å². The van der Waals surface area contributed by atoms with Crippen LogP contribution in [0.4, 0.5) is 5.69 Å². The summed E-state index contributed by atoms with van der Waals surface area (Å²) in [7, 11) is 0. The van der Waals surface area contributed by atoms with Crippen LogP contribution in [0, 0.1) is 0 Å². The fraction of sp³-hybridized carbons (Fsp3) is 0. The van der Waals surface area contributed by atoms with E-state index in [2.05, 4.69) is 0 Å². The summed E-state index contributed by atoms with van der Waals surface area (Å²) < 4.78 is 0. The van der Waals surface area contributed by atoms with Gasteiger partial charge in [-0.05, 0) is 18.2 Å². The highest BCUT2D eigenvalue weighted by atomic mass is 35.5. The maximum atomic E-state index is 10.6. The molecule has 6 nitrogen and oxygen atoms in total. The Morgan fingerprint density at radius 2 is 2.00 bits per heavy atom. The monoisotopic (exact) mass is 242 g/mol. The minimum atomic E-state index is -1.34. The number of rotatable bonds is 3. The molecule has 7 N–H and O–H groups in total. The summed E-state index contributed by atoms with van der Waals surface area (Å²) >= 11 is 5.75. The van der Waals surface area contributed by atoms with E-state index in [1.807, 2.05) is 0 Å². The van der Waals surface area contributed by atoms with Crippen molar-refractivity contribution in [3.05, 3.63) is 40.8 Å². The summed E-state index contributed by atoms with van der Waals surface area (Å²) in [6, 6.07) is 6.46. The van der Waals surface area contributed by atoms with Gasteiger partial charge in [0.2, 0.25) is 0 Å². The number of hydrazine groups is 1. The fourth-order valence-electron chi connectivity index (χ4n) is 1.00. The van der Waals surface area contributed by atoms with Crippen molar-refractivity contribution < 1.29 is 9.90 Å². The average Bonchev–Trinajstić information content (AvgIpc) is 2.26. The van der Waals surface area contributed by atoms with E-state index >= 15 is 0 Å². The van der Waals surface area contributed by atoms with Gasteiger partial charge < -0.3 is 16.6 Å².